The van der Waals surface area contributed by atoms with Crippen LogP contribution in [0.3, 0.4) is 0 Å². The van der Waals surface area contributed by atoms with Crippen LogP contribution in [0.2, 0.25) is 0 Å². The Morgan fingerprint density at radius 1 is 0.929 bits per heavy atom. The lowest BCUT2D eigenvalue weighted by Gasteiger charge is -2.34. The molecular formula is C33H40FN3O4S. The number of carbonyl (C=O) groups excluding carboxylic acids is 2. The van der Waals surface area contributed by atoms with Gasteiger partial charge in [-0.1, -0.05) is 73.7 Å². The van der Waals surface area contributed by atoms with Crippen LogP contribution in [0, 0.1) is 19.7 Å². The first-order valence-electron chi connectivity index (χ1n) is 14.6. The van der Waals surface area contributed by atoms with Gasteiger partial charge in [-0.15, -0.1) is 0 Å². The molecule has 0 aromatic heterocycles. The molecule has 1 fully saturated rings. The van der Waals surface area contributed by atoms with E-state index >= 15 is 0 Å². The monoisotopic (exact) mass is 593 g/mol. The summed E-state index contributed by atoms with van der Waals surface area (Å²) in [5.41, 5.74) is 2.88. The average molecular weight is 594 g/mol. The van der Waals surface area contributed by atoms with Gasteiger partial charge in [-0.3, -0.25) is 13.9 Å². The van der Waals surface area contributed by atoms with Crippen molar-refractivity contribution in [1.82, 2.24) is 10.2 Å². The highest BCUT2D eigenvalue weighted by Gasteiger charge is 2.34. The number of hydrogen-bond acceptors (Lipinski definition) is 4. The van der Waals surface area contributed by atoms with Crippen LogP contribution in [0.5, 0.6) is 0 Å². The van der Waals surface area contributed by atoms with Crippen LogP contribution in [-0.4, -0.2) is 43.8 Å². The molecule has 3 aromatic carbocycles. The molecule has 1 N–H and O–H groups in total. The normalized spacial score (nSPS) is 14.7. The van der Waals surface area contributed by atoms with E-state index in [0.29, 0.717) is 6.42 Å². The van der Waals surface area contributed by atoms with E-state index in [0.717, 1.165) is 65.2 Å². The zero-order chi connectivity index (χ0) is 30.3. The molecule has 3 aromatic rings. The number of nitrogens with one attached hydrogen (secondary N) is 1. The summed E-state index contributed by atoms with van der Waals surface area (Å²) in [6.45, 7) is 5.24. The molecule has 0 heterocycles. The minimum absolute atomic E-state index is 0.0116. The second-order valence-corrected chi connectivity index (χ2v) is 12.9. The fourth-order valence-electron chi connectivity index (χ4n) is 5.44. The lowest BCUT2D eigenvalue weighted by atomic mass is 9.95. The Kier molecular flexibility index (Phi) is 10.4. The summed E-state index contributed by atoms with van der Waals surface area (Å²) in [6.07, 6.45) is 5.42. The summed E-state index contributed by atoms with van der Waals surface area (Å²) in [5.74, 6) is -1.29. The lowest BCUT2D eigenvalue weighted by Crippen LogP contribution is -2.54. The number of aryl methyl sites for hydroxylation is 2. The first kappa shape index (κ1) is 31.2. The van der Waals surface area contributed by atoms with Crippen LogP contribution in [0.4, 0.5) is 10.1 Å². The van der Waals surface area contributed by atoms with Crippen molar-refractivity contribution in [1.29, 1.82) is 0 Å². The summed E-state index contributed by atoms with van der Waals surface area (Å²) in [5, 5.41) is 3.15. The predicted octanol–water partition coefficient (Wildman–Crippen LogP) is 5.89. The highest BCUT2D eigenvalue weighted by atomic mass is 32.2. The number of rotatable bonds is 11. The minimum Gasteiger partial charge on any atom is -0.352 e. The fourth-order valence-corrected chi connectivity index (χ4v) is 6.86. The standard InChI is InChI=1S/C33H40FN3O4S/c1-4-31(33(39)35-28-11-6-5-7-12-28)36(22-26-10-8-9-25(3)21-26)32(38)23-37(29-17-15-27(34)16-18-29)42(40,41)30-19-13-24(2)14-20-30/h8-10,13-21,28,31H,4-7,11-12,22-23H2,1-3H3,(H,35,39). The summed E-state index contributed by atoms with van der Waals surface area (Å²) < 4.78 is 42.6. The number of anilines is 1. The van der Waals surface area contributed by atoms with Gasteiger partial charge in [0.15, 0.2) is 0 Å². The van der Waals surface area contributed by atoms with Gasteiger partial charge >= 0.3 is 0 Å². The molecule has 4 rings (SSSR count). The Bertz CT molecular complexity index is 1470. The fraction of sp³-hybridized carbons (Fsp3) is 0.394. The van der Waals surface area contributed by atoms with E-state index in [2.05, 4.69) is 5.32 Å². The molecule has 1 unspecified atom stereocenters. The van der Waals surface area contributed by atoms with Crippen molar-refractivity contribution in [3.63, 3.8) is 0 Å². The van der Waals surface area contributed by atoms with E-state index in [-0.39, 0.29) is 29.1 Å². The highest BCUT2D eigenvalue weighted by molar-refractivity contribution is 7.92. The Morgan fingerprint density at radius 2 is 1.60 bits per heavy atom. The third kappa shape index (κ3) is 7.76. The molecule has 2 amide bonds. The molecule has 0 aliphatic heterocycles. The maximum atomic E-state index is 14.2. The van der Waals surface area contributed by atoms with Crippen molar-refractivity contribution in [3.8, 4) is 0 Å². The number of benzene rings is 3. The highest BCUT2D eigenvalue weighted by Crippen LogP contribution is 2.26. The summed E-state index contributed by atoms with van der Waals surface area (Å²) in [6, 6.07) is 18.3. The van der Waals surface area contributed by atoms with Crippen molar-refractivity contribution < 1.29 is 22.4 Å². The zero-order valence-electron chi connectivity index (χ0n) is 24.6. The van der Waals surface area contributed by atoms with Crippen molar-refractivity contribution in [2.75, 3.05) is 10.8 Å². The van der Waals surface area contributed by atoms with Gasteiger partial charge in [0.25, 0.3) is 10.0 Å². The molecule has 42 heavy (non-hydrogen) atoms. The van der Waals surface area contributed by atoms with Crippen molar-refractivity contribution in [2.45, 2.75) is 82.8 Å². The Hall–Kier alpha value is -3.72. The van der Waals surface area contributed by atoms with Crippen LogP contribution in [0.15, 0.2) is 77.7 Å². The van der Waals surface area contributed by atoms with Crippen LogP contribution in [0.1, 0.15) is 62.1 Å². The largest absolute Gasteiger partial charge is 0.352 e. The summed E-state index contributed by atoms with van der Waals surface area (Å²) in [7, 11) is -4.20. The Morgan fingerprint density at radius 3 is 2.21 bits per heavy atom. The minimum atomic E-state index is -4.20. The van der Waals surface area contributed by atoms with Gasteiger partial charge in [0.2, 0.25) is 11.8 Å². The van der Waals surface area contributed by atoms with Crippen LogP contribution < -0.4 is 9.62 Å². The quantitative estimate of drug-likeness (QED) is 0.300. The summed E-state index contributed by atoms with van der Waals surface area (Å²) >= 11 is 0. The molecule has 0 radical (unpaired) electrons. The maximum absolute atomic E-state index is 14.2. The number of sulfonamides is 1. The topological polar surface area (TPSA) is 86.8 Å². The Balaban J connectivity index is 1.70. The molecule has 1 saturated carbocycles. The van der Waals surface area contributed by atoms with E-state index in [4.69, 9.17) is 0 Å². The first-order valence-corrected chi connectivity index (χ1v) is 16.0. The lowest BCUT2D eigenvalue weighted by molar-refractivity contribution is -0.140. The molecule has 9 heteroatoms. The molecule has 0 bridgehead atoms. The number of carbonyl (C=O) groups is 2. The third-order valence-electron chi connectivity index (χ3n) is 7.78. The molecule has 224 valence electrons. The van der Waals surface area contributed by atoms with Crippen molar-refractivity contribution in [3.05, 3.63) is 95.3 Å². The number of nitrogens with zero attached hydrogens (tertiary/aromatic N) is 2. The molecule has 0 spiro atoms. The number of halogens is 1. The van der Waals surface area contributed by atoms with Gasteiger partial charge in [0.1, 0.15) is 18.4 Å². The Labute approximate surface area is 248 Å². The van der Waals surface area contributed by atoms with E-state index in [1.54, 1.807) is 12.1 Å². The zero-order valence-corrected chi connectivity index (χ0v) is 25.4. The van der Waals surface area contributed by atoms with E-state index < -0.39 is 34.3 Å². The van der Waals surface area contributed by atoms with E-state index in [9.17, 15) is 22.4 Å². The molecule has 1 aliphatic carbocycles. The van der Waals surface area contributed by atoms with Crippen molar-refractivity contribution >= 4 is 27.5 Å². The van der Waals surface area contributed by atoms with Crippen LogP contribution in [0.25, 0.3) is 0 Å². The molecule has 7 nitrogen and oxygen atoms in total. The molecule has 0 saturated heterocycles. The SMILES string of the molecule is CCC(C(=O)NC1CCCCC1)N(Cc1cccc(C)c1)C(=O)CN(c1ccc(F)cc1)S(=O)(=O)c1ccc(C)cc1. The predicted molar refractivity (Wildman–Crippen MR) is 163 cm³/mol. The number of amides is 2. The second-order valence-electron chi connectivity index (χ2n) is 11.1. The average Bonchev–Trinajstić information content (AvgIpc) is 2.97. The molecule has 1 aliphatic rings. The van der Waals surface area contributed by atoms with Crippen LogP contribution in [-0.2, 0) is 26.2 Å². The van der Waals surface area contributed by atoms with Gasteiger partial charge in [0, 0.05) is 12.6 Å². The van der Waals surface area contributed by atoms with Gasteiger partial charge in [0.05, 0.1) is 10.6 Å². The van der Waals surface area contributed by atoms with Crippen LogP contribution >= 0.6 is 0 Å². The van der Waals surface area contributed by atoms with Gasteiger partial charge in [-0.05, 0) is 75.1 Å². The van der Waals surface area contributed by atoms with E-state index in [1.807, 2.05) is 45.0 Å². The van der Waals surface area contributed by atoms with Gasteiger partial charge < -0.3 is 10.2 Å². The molecule has 1 atom stereocenters. The molecular weight excluding hydrogens is 553 g/mol. The van der Waals surface area contributed by atoms with Gasteiger partial charge in [-0.2, -0.15) is 0 Å². The number of hydrogen-bond donors (Lipinski definition) is 1. The maximum Gasteiger partial charge on any atom is 0.264 e. The second kappa shape index (κ2) is 14.0. The van der Waals surface area contributed by atoms with Crippen molar-refractivity contribution in [2.24, 2.45) is 0 Å². The third-order valence-corrected chi connectivity index (χ3v) is 9.56. The smallest absolute Gasteiger partial charge is 0.264 e. The van der Waals surface area contributed by atoms with E-state index in [1.165, 1.54) is 29.2 Å². The first-order chi connectivity index (χ1) is 20.1. The summed E-state index contributed by atoms with van der Waals surface area (Å²) in [4.78, 5) is 29.3. The van der Waals surface area contributed by atoms with Gasteiger partial charge in [-0.25, -0.2) is 12.8 Å².